The highest BCUT2D eigenvalue weighted by atomic mass is 19.1. The molecule has 0 spiro atoms. The van der Waals surface area contributed by atoms with Gasteiger partial charge in [0, 0.05) is 18.6 Å². The monoisotopic (exact) mass is 201 g/mol. The lowest BCUT2D eigenvalue weighted by molar-refractivity contribution is 0.0426. The van der Waals surface area contributed by atoms with E-state index < -0.39 is 6.17 Å². The zero-order valence-electron chi connectivity index (χ0n) is 9.85. The van der Waals surface area contributed by atoms with Gasteiger partial charge in [-0.3, -0.25) is 4.90 Å². The minimum atomic E-state index is -0.547. The van der Waals surface area contributed by atoms with E-state index in [1.807, 2.05) is 0 Å². The van der Waals surface area contributed by atoms with Crippen LogP contribution in [0.4, 0.5) is 4.39 Å². The van der Waals surface area contributed by atoms with Gasteiger partial charge in [0.05, 0.1) is 0 Å². The minimum Gasteiger partial charge on any atom is -0.298 e. The number of piperidine rings is 1. The van der Waals surface area contributed by atoms with Crippen LogP contribution in [0.25, 0.3) is 0 Å². The summed E-state index contributed by atoms with van der Waals surface area (Å²) in [5, 5.41) is 0. The second-order valence-electron chi connectivity index (χ2n) is 4.76. The zero-order chi connectivity index (χ0) is 10.6. The van der Waals surface area contributed by atoms with Crippen LogP contribution in [0.2, 0.25) is 0 Å². The molecule has 1 unspecified atom stereocenters. The Morgan fingerprint density at radius 1 is 1.29 bits per heavy atom. The van der Waals surface area contributed by atoms with Crippen molar-refractivity contribution in [2.45, 2.75) is 64.6 Å². The van der Waals surface area contributed by atoms with Crippen LogP contribution in [0.3, 0.4) is 0 Å². The van der Waals surface area contributed by atoms with E-state index in [1.165, 1.54) is 19.3 Å². The van der Waals surface area contributed by atoms with Crippen LogP contribution in [0, 0.1) is 0 Å². The van der Waals surface area contributed by atoms with Crippen molar-refractivity contribution in [2.24, 2.45) is 0 Å². The summed E-state index contributed by atoms with van der Waals surface area (Å²) < 4.78 is 13.0. The molecule has 0 N–H and O–H groups in total. The highest BCUT2D eigenvalue weighted by Gasteiger charge is 2.32. The molecule has 0 aromatic heterocycles. The van der Waals surface area contributed by atoms with Gasteiger partial charge in [0.1, 0.15) is 6.17 Å². The number of likely N-dealkylation sites (tertiary alicyclic amines) is 1. The Kier molecular flexibility index (Phi) is 4.36. The van der Waals surface area contributed by atoms with Gasteiger partial charge in [-0.05, 0) is 32.6 Å². The fourth-order valence-electron chi connectivity index (χ4n) is 2.48. The highest BCUT2D eigenvalue weighted by molar-refractivity contribution is 4.87. The maximum Gasteiger partial charge on any atom is 0.103 e. The summed E-state index contributed by atoms with van der Waals surface area (Å²) in [5.41, 5.74) is 0.314. The number of hydrogen-bond donors (Lipinski definition) is 0. The maximum atomic E-state index is 13.0. The average Bonchev–Trinajstić information content (AvgIpc) is 2.19. The Balaban J connectivity index is 2.52. The topological polar surface area (TPSA) is 3.24 Å². The lowest BCUT2D eigenvalue weighted by Gasteiger charge is -2.43. The van der Waals surface area contributed by atoms with E-state index in [-0.39, 0.29) is 0 Å². The minimum absolute atomic E-state index is 0.314. The third kappa shape index (κ3) is 2.69. The Morgan fingerprint density at radius 2 is 1.86 bits per heavy atom. The molecule has 1 aliphatic heterocycles. The first-order valence-corrected chi connectivity index (χ1v) is 6.01. The number of hydrogen-bond acceptors (Lipinski definition) is 1. The number of nitrogens with zero attached hydrogens (tertiary/aromatic N) is 1. The van der Waals surface area contributed by atoms with Gasteiger partial charge in [-0.1, -0.05) is 20.3 Å². The summed E-state index contributed by atoms with van der Waals surface area (Å²) in [6, 6.07) is 0. The first-order valence-electron chi connectivity index (χ1n) is 6.01. The van der Waals surface area contributed by atoms with Gasteiger partial charge in [0.15, 0.2) is 0 Å². The Bertz CT molecular complexity index is 164. The third-order valence-electron chi connectivity index (χ3n) is 3.74. The van der Waals surface area contributed by atoms with Gasteiger partial charge in [-0.2, -0.15) is 0 Å². The van der Waals surface area contributed by atoms with E-state index in [1.54, 1.807) is 0 Å². The molecule has 0 aromatic carbocycles. The molecule has 1 atom stereocenters. The van der Waals surface area contributed by atoms with Crippen molar-refractivity contribution in [3.05, 3.63) is 0 Å². The second kappa shape index (κ2) is 5.11. The van der Waals surface area contributed by atoms with E-state index in [2.05, 4.69) is 25.7 Å². The van der Waals surface area contributed by atoms with Crippen molar-refractivity contribution in [2.75, 3.05) is 13.1 Å². The highest BCUT2D eigenvalue weighted by Crippen LogP contribution is 2.28. The molecule has 1 aliphatic rings. The Labute approximate surface area is 87.7 Å². The molecule has 84 valence electrons. The SMILES string of the molecule is CCCC(C)(CC)N1CCC(F)CC1. The second-order valence-corrected chi connectivity index (χ2v) is 4.76. The van der Waals surface area contributed by atoms with Gasteiger partial charge >= 0.3 is 0 Å². The smallest absolute Gasteiger partial charge is 0.103 e. The van der Waals surface area contributed by atoms with E-state index in [0.717, 1.165) is 25.9 Å². The van der Waals surface area contributed by atoms with Crippen molar-refractivity contribution < 1.29 is 4.39 Å². The van der Waals surface area contributed by atoms with E-state index in [0.29, 0.717) is 5.54 Å². The van der Waals surface area contributed by atoms with Crippen LogP contribution in [-0.2, 0) is 0 Å². The molecule has 0 aromatic rings. The van der Waals surface area contributed by atoms with Crippen molar-refractivity contribution >= 4 is 0 Å². The molecule has 14 heavy (non-hydrogen) atoms. The number of halogens is 1. The van der Waals surface area contributed by atoms with Crippen LogP contribution in [0.15, 0.2) is 0 Å². The molecular formula is C12H24FN. The van der Waals surface area contributed by atoms with Gasteiger partial charge < -0.3 is 0 Å². The van der Waals surface area contributed by atoms with Crippen LogP contribution >= 0.6 is 0 Å². The van der Waals surface area contributed by atoms with Crippen LogP contribution < -0.4 is 0 Å². The fourth-order valence-corrected chi connectivity index (χ4v) is 2.48. The van der Waals surface area contributed by atoms with Crippen molar-refractivity contribution in [3.8, 4) is 0 Å². The first-order chi connectivity index (χ1) is 6.62. The lowest BCUT2D eigenvalue weighted by Crippen LogP contribution is -2.50. The molecule has 0 bridgehead atoms. The summed E-state index contributed by atoms with van der Waals surface area (Å²) in [6.45, 7) is 8.71. The first kappa shape index (κ1) is 12.0. The average molecular weight is 201 g/mol. The molecule has 0 saturated carbocycles. The lowest BCUT2D eigenvalue weighted by atomic mass is 9.89. The predicted molar refractivity (Wildman–Crippen MR) is 59.3 cm³/mol. The summed E-state index contributed by atoms with van der Waals surface area (Å²) >= 11 is 0. The molecule has 1 nitrogen and oxygen atoms in total. The Morgan fingerprint density at radius 3 is 2.29 bits per heavy atom. The fraction of sp³-hybridized carbons (Fsp3) is 1.00. The molecule has 2 heteroatoms. The maximum absolute atomic E-state index is 13.0. The molecule has 1 rings (SSSR count). The van der Waals surface area contributed by atoms with Gasteiger partial charge in [0.25, 0.3) is 0 Å². The molecule has 1 fully saturated rings. The van der Waals surface area contributed by atoms with E-state index >= 15 is 0 Å². The van der Waals surface area contributed by atoms with Gasteiger partial charge in [-0.15, -0.1) is 0 Å². The molecule has 0 radical (unpaired) electrons. The Hall–Kier alpha value is -0.110. The normalized spacial score (nSPS) is 24.9. The summed E-state index contributed by atoms with van der Waals surface area (Å²) in [7, 11) is 0. The zero-order valence-corrected chi connectivity index (χ0v) is 9.85. The van der Waals surface area contributed by atoms with E-state index in [9.17, 15) is 4.39 Å². The molecule has 0 aliphatic carbocycles. The predicted octanol–water partition coefficient (Wildman–Crippen LogP) is 3.39. The largest absolute Gasteiger partial charge is 0.298 e. The number of rotatable bonds is 4. The number of alkyl halides is 1. The van der Waals surface area contributed by atoms with Crippen LogP contribution in [0.1, 0.15) is 52.9 Å². The van der Waals surface area contributed by atoms with Gasteiger partial charge in [0.2, 0.25) is 0 Å². The van der Waals surface area contributed by atoms with Crippen molar-refractivity contribution in [1.29, 1.82) is 0 Å². The van der Waals surface area contributed by atoms with Gasteiger partial charge in [-0.25, -0.2) is 4.39 Å². The van der Waals surface area contributed by atoms with Crippen LogP contribution in [0.5, 0.6) is 0 Å². The van der Waals surface area contributed by atoms with Crippen molar-refractivity contribution in [3.63, 3.8) is 0 Å². The molecular weight excluding hydrogens is 177 g/mol. The van der Waals surface area contributed by atoms with Crippen LogP contribution in [-0.4, -0.2) is 29.7 Å². The third-order valence-corrected chi connectivity index (χ3v) is 3.74. The molecule has 0 amide bonds. The van der Waals surface area contributed by atoms with E-state index in [4.69, 9.17) is 0 Å². The molecule has 1 saturated heterocycles. The summed E-state index contributed by atoms with van der Waals surface area (Å²) in [5.74, 6) is 0. The summed E-state index contributed by atoms with van der Waals surface area (Å²) in [4.78, 5) is 2.49. The summed E-state index contributed by atoms with van der Waals surface area (Å²) in [6.07, 6.45) is 4.56. The standard InChI is InChI=1S/C12H24FN/c1-4-8-12(3,5-2)14-9-6-11(13)7-10-14/h11H,4-10H2,1-3H3. The van der Waals surface area contributed by atoms with Crippen molar-refractivity contribution in [1.82, 2.24) is 4.90 Å². The quantitative estimate of drug-likeness (QED) is 0.674. The molecule has 1 heterocycles.